The first-order valence-corrected chi connectivity index (χ1v) is 8.56. The average Bonchev–Trinajstić information content (AvgIpc) is 2.94. The third-order valence-corrected chi connectivity index (χ3v) is 4.40. The maximum atomic E-state index is 4.34. The first-order valence-electron chi connectivity index (χ1n) is 7.57. The fourth-order valence-corrected chi connectivity index (χ4v) is 3.07. The summed E-state index contributed by atoms with van der Waals surface area (Å²) >= 11 is 1.81. The molecule has 0 bridgehead atoms. The van der Waals surface area contributed by atoms with Crippen LogP contribution in [-0.2, 0) is 12.3 Å². The van der Waals surface area contributed by atoms with Gasteiger partial charge in [-0.1, -0.05) is 26.0 Å². The molecule has 1 unspecified atom stereocenters. The maximum absolute atomic E-state index is 4.34. The first kappa shape index (κ1) is 16.0. The lowest BCUT2D eigenvalue weighted by Gasteiger charge is -2.13. The molecule has 4 nitrogen and oxygen atoms in total. The van der Waals surface area contributed by atoms with Crippen molar-refractivity contribution in [1.82, 2.24) is 20.1 Å². The number of thioether (sulfide) groups is 1. The van der Waals surface area contributed by atoms with E-state index in [9.17, 15) is 0 Å². The molecule has 21 heavy (non-hydrogen) atoms. The fourth-order valence-electron chi connectivity index (χ4n) is 2.22. The highest BCUT2D eigenvalue weighted by Gasteiger charge is 2.06. The summed E-state index contributed by atoms with van der Waals surface area (Å²) in [4.78, 5) is 5.61. The van der Waals surface area contributed by atoms with E-state index >= 15 is 0 Å². The van der Waals surface area contributed by atoms with Gasteiger partial charge in [0.15, 0.2) is 0 Å². The molecule has 0 fully saturated rings. The van der Waals surface area contributed by atoms with E-state index in [1.54, 1.807) is 6.33 Å². The average molecular weight is 304 g/mol. The van der Waals surface area contributed by atoms with Gasteiger partial charge in [0.2, 0.25) is 0 Å². The topological polar surface area (TPSA) is 42.7 Å². The molecule has 0 aliphatic heterocycles. The molecular formula is C16H24N4S. The lowest BCUT2D eigenvalue weighted by Crippen LogP contribution is -2.17. The van der Waals surface area contributed by atoms with Crippen LogP contribution in [0.2, 0.25) is 0 Å². The summed E-state index contributed by atoms with van der Waals surface area (Å²) in [5.74, 6) is 1.91. The smallest absolute Gasteiger partial charge is 0.138 e. The Kier molecular flexibility index (Phi) is 6.26. The normalized spacial score (nSPS) is 12.5. The molecule has 0 radical (unpaired) electrons. The number of nitrogens with zero attached hydrogens (tertiary/aromatic N) is 3. The third-order valence-electron chi connectivity index (χ3n) is 3.39. The van der Waals surface area contributed by atoms with E-state index in [0.717, 1.165) is 31.1 Å². The van der Waals surface area contributed by atoms with Crippen LogP contribution in [0, 0.1) is 0 Å². The van der Waals surface area contributed by atoms with Gasteiger partial charge in [-0.15, -0.1) is 11.8 Å². The number of hydrogen-bond acceptors (Lipinski definition) is 4. The molecule has 0 saturated carbocycles. The van der Waals surface area contributed by atoms with Crippen molar-refractivity contribution in [3.05, 3.63) is 42.0 Å². The van der Waals surface area contributed by atoms with Gasteiger partial charge in [-0.05, 0) is 37.6 Å². The Labute approximate surface area is 131 Å². The Morgan fingerprint density at radius 3 is 2.67 bits per heavy atom. The summed E-state index contributed by atoms with van der Waals surface area (Å²) in [7, 11) is 0. The molecule has 2 rings (SSSR count). The van der Waals surface area contributed by atoms with Gasteiger partial charge in [0.1, 0.15) is 12.2 Å². The Bertz CT molecular complexity index is 535. The second kappa shape index (κ2) is 8.20. The van der Waals surface area contributed by atoms with Gasteiger partial charge in [0.05, 0.1) is 5.75 Å². The predicted molar refractivity (Wildman–Crippen MR) is 88.4 cm³/mol. The molecule has 0 aliphatic carbocycles. The second-order valence-corrected chi connectivity index (χ2v) is 6.09. The molecule has 1 atom stereocenters. The van der Waals surface area contributed by atoms with Crippen LogP contribution in [0.4, 0.5) is 0 Å². The minimum absolute atomic E-state index is 0.404. The van der Waals surface area contributed by atoms with Gasteiger partial charge in [-0.3, -0.25) is 0 Å². The zero-order chi connectivity index (χ0) is 15.1. The van der Waals surface area contributed by atoms with Crippen molar-refractivity contribution in [3.63, 3.8) is 0 Å². The van der Waals surface area contributed by atoms with Crippen molar-refractivity contribution in [2.45, 2.75) is 50.4 Å². The van der Waals surface area contributed by atoms with Gasteiger partial charge in [-0.2, -0.15) is 5.10 Å². The van der Waals surface area contributed by atoms with Crippen LogP contribution >= 0.6 is 11.8 Å². The predicted octanol–water partition coefficient (Wildman–Crippen LogP) is 3.65. The second-order valence-electron chi connectivity index (χ2n) is 5.04. The number of nitrogens with one attached hydrogen (secondary N) is 1. The molecule has 1 aromatic heterocycles. The Morgan fingerprint density at radius 1 is 1.24 bits per heavy atom. The zero-order valence-electron chi connectivity index (χ0n) is 13.0. The largest absolute Gasteiger partial charge is 0.310 e. The van der Waals surface area contributed by atoms with Crippen molar-refractivity contribution < 1.29 is 0 Å². The summed E-state index contributed by atoms with van der Waals surface area (Å²) in [6, 6.07) is 9.18. The van der Waals surface area contributed by atoms with Crippen molar-refractivity contribution in [2.24, 2.45) is 0 Å². The standard InChI is InChI=1S/C16H24N4S/c1-4-10-20-16(18-12-19-20)11-21-15-8-6-14(7-9-15)13(3)17-5-2/h6-9,12-13,17H,4-5,10-11H2,1-3H3. The number of hydrogen-bond donors (Lipinski definition) is 1. The molecular weight excluding hydrogens is 280 g/mol. The molecule has 1 N–H and O–H groups in total. The van der Waals surface area contributed by atoms with Gasteiger partial charge >= 0.3 is 0 Å². The van der Waals surface area contributed by atoms with Gasteiger partial charge < -0.3 is 5.32 Å². The molecule has 0 spiro atoms. The summed E-state index contributed by atoms with van der Waals surface area (Å²) in [5, 5.41) is 7.69. The minimum Gasteiger partial charge on any atom is -0.310 e. The van der Waals surface area contributed by atoms with Crippen molar-refractivity contribution in [3.8, 4) is 0 Å². The number of aryl methyl sites for hydroxylation is 1. The number of rotatable bonds is 8. The van der Waals surface area contributed by atoms with Gasteiger partial charge in [0, 0.05) is 17.5 Å². The van der Waals surface area contributed by atoms with Crippen LogP contribution in [0.15, 0.2) is 35.5 Å². The van der Waals surface area contributed by atoms with E-state index in [1.165, 1.54) is 10.5 Å². The van der Waals surface area contributed by atoms with Gasteiger partial charge in [0.25, 0.3) is 0 Å². The zero-order valence-corrected chi connectivity index (χ0v) is 13.9. The van der Waals surface area contributed by atoms with Crippen LogP contribution in [0.5, 0.6) is 0 Å². The summed E-state index contributed by atoms with van der Waals surface area (Å²) in [6.45, 7) is 8.41. The SMILES string of the molecule is CCCn1ncnc1CSc1ccc(C(C)NCC)cc1. The Morgan fingerprint density at radius 2 is 2.00 bits per heavy atom. The van der Waals surface area contributed by atoms with Crippen molar-refractivity contribution >= 4 is 11.8 Å². The summed E-state index contributed by atoms with van der Waals surface area (Å²) < 4.78 is 1.99. The molecule has 0 saturated heterocycles. The highest BCUT2D eigenvalue weighted by atomic mass is 32.2. The molecule has 1 aromatic carbocycles. The highest BCUT2D eigenvalue weighted by Crippen LogP contribution is 2.23. The quantitative estimate of drug-likeness (QED) is 0.756. The van der Waals surface area contributed by atoms with Crippen LogP contribution in [0.1, 0.15) is 44.6 Å². The first-order chi connectivity index (χ1) is 10.2. The van der Waals surface area contributed by atoms with E-state index in [4.69, 9.17) is 0 Å². The maximum Gasteiger partial charge on any atom is 0.138 e. The lowest BCUT2D eigenvalue weighted by atomic mass is 10.1. The lowest BCUT2D eigenvalue weighted by molar-refractivity contribution is 0.581. The Hall–Kier alpha value is -1.33. The molecule has 114 valence electrons. The Balaban J connectivity index is 1.93. The van der Waals surface area contributed by atoms with Crippen LogP contribution in [0.25, 0.3) is 0 Å². The minimum atomic E-state index is 0.404. The summed E-state index contributed by atoms with van der Waals surface area (Å²) in [5.41, 5.74) is 1.33. The molecule has 0 amide bonds. The van der Waals surface area contributed by atoms with E-state index in [0.29, 0.717) is 6.04 Å². The van der Waals surface area contributed by atoms with Crippen molar-refractivity contribution in [1.29, 1.82) is 0 Å². The van der Waals surface area contributed by atoms with Gasteiger partial charge in [-0.25, -0.2) is 9.67 Å². The number of benzene rings is 1. The van der Waals surface area contributed by atoms with E-state index in [2.05, 4.69) is 60.4 Å². The van der Waals surface area contributed by atoms with Crippen LogP contribution < -0.4 is 5.32 Å². The monoisotopic (exact) mass is 304 g/mol. The third kappa shape index (κ3) is 4.58. The van der Waals surface area contributed by atoms with E-state index in [-0.39, 0.29) is 0 Å². The summed E-state index contributed by atoms with van der Waals surface area (Å²) in [6.07, 6.45) is 2.73. The van der Waals surface area contributed by atoms with Crippen LogP contribution in [-0.4, -0.2) is 21.3 Å². The molecule has 2 aromatic rings. The van der Waals surface area contributed by atoms with E-state index < -0.39 is 0 Å². The van der Waals surface area contributed by atoms with Crippen molar-refractivity contribution in [2.75, 3.05) is 6.54 Å². The molecule has 0 aliphatic rings. The van der Waals surface area contributed by atoms with E-state index in [1.807, 2.05) is 16.4 Å². The molecule has 1 heterocycles. The number of aromatic nitrogens is 3. The van der Waals surface area contributed by atoms with Crippen LogP contribution in [0.3, 0.4) is 0 Å². The fraction of sp³-hybridized carbons (Fsp3) is 0.500. The molecule has 5 heteroatoms. The highest BCUT2D eigenvalue weighted by molar-refractivity contribution is 7.98.